The van der Waals surface area contributed by atoms with Gasteiger partial charge in [-0.3, -0.25) is 19.3 Å². The first-order chi connectivity index (χ1) is 11.5. The zero-order chi connectivity index (χ0) is 17.3. The van der Waals surface area contributed by atoms with Crippen molar-refractivity contribution in [3.8, 4) is 0 Å². The molecule has 0 bridgehead atoms. The van der Waals surface area contributed by atoms with Gasteiger partial charge in [0.1, 0.15) is 0 Å². The van der Waals surface area contributed by atoms with Gasteiger partial charge in [0.2, 0.25) is 5.91 Å². The van der Waals surface area contributed by atoms with Gasteiger partial charge in [-0.25, -0.2) is 0 Å². The van der Waals surface area contributed by atoms with Crippen LogP contribution in [0, 0.1) is 0 Å². The van der Waals surface area contributed by atoms with Gasteiger partial charge in [-0.05, 0) is 42.5 Å². The summed E-state index contributed by atoms with van der Waals surface area (Å²) in [6.45, 7) is 0. The first kappa shape index (κ1) is 16.5. The fourth-order valence-electron chi connectivity index (χ4n) is 2.32. The number of anilines is 1. The number of nitrogens with one attached hydrogen (secondary N) is 1. The number of halogens is 1. The Morgan fingerprint density at radius 3 is 2.46 bits per heavy atom. The molecule has 0 radical (unpaired) electrons. The molecule has 0 saturated heterocycles. The number of thioether (sulfide) groups is 1. The SMILES string of the molecule is CN1C(=O)c2ccc(NC(=O)CSc3ccc(Cl)cc3)cc2C1=O. The lowest BCUT2D eigenvalue weighted by Crippen LogP contribution is -2.24. The Hall–Kier alpha value is -2.31. The zero-order valence-corrected chi connectivity index (χ0v) is 14.3. The second-order valence-electron chi connectivity index (χ2n) is 5.22. The maximum atomic E-state index is 12.0. The fourth-order valence-corrected chi connectivity index (χ4v) is 3.14. The highest BCUT2D eigenvalue weighted by Crippen LogP contribution is 2.25. The monoisotopic (exact) mass is 360 g/mol. The molecule has 0 atom stereocenters. The highest BCUT2D eigenvalue weighted by atomic mass is 35.5. The molecule has 0 aliphatic carbocycles. The molecular formula is C17H13ClN2O3S. The number of carbonyl (C=O) groups excluding carboxylic acids is 3. The maximum absolute atomic E-state index is 12.0. The number of benzene rings is 2. The van der Waals surface area contributed by atoms with E-state index in [1.807, 2.05) is 12.1 Å². The summed E-state index contributed by atoms with van der Waals surface area (Å²) in [6.07, 6.45) is 0. The highest BCUT2D eigenvalue weighted by Gasteiger charge is 2.32. The molecule has 1 heterocycles. The van der Waals surface area contributed by atoms with Crippen molar-refractivity contribution >= 4 is 46.8 Å². The summed E-state index contributed by atoms with van der Waals surface area (Å²) in [7, 11) is 1.44. The van der Waals surface area contributed by atoms with E-state index in [0.717, 1.165) is 9.80 Å². The van der Waals surface area contributed by atoms with Crippen molar-refractivity contribution in [2.45, 2.75) is 4.90 Å². The third-order valence-electron chi connectivity index (χ3n) is 3.56. The zero-order valence-electron chi connectivity index (χ0n) is 12.7. The van der Waals surface area contributed by atoms with Crippen LogP contribution in [0.15, 0.2) is 47.4 Å². The standard InChI is InChI=1S/C17H13ClN2O3S/c1-20-16(22)13-7-4-11(8-14(13)17(20)23)19-15(21)9-24-12-5-2-10(18)3-6-12/h2-8H,9H2,1H3,(H,19,21). The summed E-state index contributed by atoms with van der Waals surface area (Å²) in [6, 6.07) is 11.9. The first-order valence-corrected chi connectivity index (χ1v) is 8.47. The third-order valence-corrected chi connectivity index (χ3v) is 4.82. The van der Waals surface area contributed by atoms with Crippen molar-refractivity contribution in [1.82, 2.24) is 4.90 Å². The van der Waals surface area contributed by atoms with Gasteiger partial charge < -0.3 is 5.32 Å². The number of nitrogens with zero attached hydrogens (tertiary/aromatic N) is 1. The van der Waals surface area contributed by atoms with Crippen LogP contribution >= 0.6 is 23.4 Å². The van der Waals surface area contributed by atoms with E-state index in [1.165, 1.54) is 24.9 Å². The van der Waals surface area contributed by atoms with Crippen molar-refractivity contribution in [2.75, 3.05) is 18.1 Å². The molecule has 122 valence electrons. The van der Waals surface area contributed by atoms with E-state index in [2.05, 4.69) is 5.32 Å². The number of hydrogen-bond acceptors (Lipinski definition) is 4. The van der Waals surface area contributed by atoms with Gasteiger partial charge in [-0.2, -0.15) is 0 Å². The van der Waals surface area contributed by atoms with Gasteiger partial charge in [0.25, 0.3) is 11.8 Å². The van der Waals surface area contributed by atoms with E-state index >= 15 is 0 Å². The molecule has 24 heavy (non-hydrogen) atoms. The molecule has 0 aromatic heterocycles. The van der Waals surface area contributed by atoms with E-state index in [1.54, 1.807) is 24.3 Å². The van der Waals surface area contributed by atoms with Crippen molar-refractivity contribution < 1.29 is 14.4 Å². The molecule has 5 nitrogen and oxygen atoms in total. The van der Waals surface area contributed by atoms with Crippen LogP contribution in [0.3, 0.4) is 0 Å². The van der Waals surface area contributed by atoms with Crippen LogP contribution < -0.4 is 5.32 Å². The molecule has 3 amide bonds. The Balaban J connectivity index is 1.64. The van der Waals surface area contributed by atoms with Gasteiger partial charge in [-0.15, -0.1) is 11.8 Å². The molecule has 1 aliphatic rings. The van der Waals surface area contributed by atoms with Gasteiger partial charge >= 0.3 is 0 Å². The number of fused-ring (bicyclic) bond motifs is 1. The van der Waals surface area contributed by atoms with E-state index in [9.17, 15) is 14.4 Å². The molecule has 2 aromatic rings. The largest absolute Gasteiger partial charge is 0.325 e. The minimum Gasteiger partial charge on any atom is -0.325 e. The third kappa shape index (κ3) is 3.29. The van der Waals surface area contributed by atoms with E-state index in [4.69, 9.17) is 11.6 Å². The number of hydrogen-bond donors (Lipinski definition) is 1. The van der Waals surface area contributed by atoms with Crippen LogP contribution in [0.5, 0.6) is 0 Å². The van der Waals surface area contributed by atoms with Gasteiger partial charge in [0.05, 0.1) is 16.9 Å². The molecular weight excluding hydrogens is 348 g/mol. The quantitative estimate of drug-likeness (QED) is 0.671. The minimum atomic E-state index is -0.360. The summed E-state index contributed by atoms with van der Waals surface area (Å²) in [5, 5.41) is 3.38. The average molecular weight is 361 g/mol. The van der Waals surface area contributed by atoms with Crippen LogP contribution in [0.2, 0.25) is 5.02 Å². The first-order valence-electron chi connectivity index (χ1n) is 7.10. The lowest BCUT2D eigenvalue weighted by Gasteiger charge is -2.06. The van der Waals surface area contributed by atoms with Crippen LogP contribution in [-0.2, 0) is 4.79 Å². The number of amides is 3. The normalized spacial score (nSPS) is 13.2. The fraction of sp³-hybridized carbons (Fsp3) is 0.118. The summed E-state index contributed by atoms with van der Waals surface area (Å²) < 4.78 is 0. The van der Waals surface area contributed by atoms with Crippen LogP contribution in [0.25, 0.3) is 0 Å². The van der Waals surface area contributed by atoms with E-state index < -0.39 is 0 Å². The topological polar surface area (TPSA) is 66.5 Å². The van der Waals surface area contributed by atoms with E-state index in [0.29, 0.717) is 21.8 Å². The molecule has 0 saturated carbocycles. The molecule has 1 aliphatic heterocycles. The molecule has 0 unspecified atom stereocenters. The summed E-state index contributed by atoms with van der Waals surface area (Å²) >= 11 is 7.20. The lowest BCUT2D eigenvalue weighted by atomic mass is 10.1. The number of rotatable bonds is 4. The highest BCUT2D eigenvalue weighted by molar-refractivity contribution is 8.00. The molecule has 0 spiro atoms. The molecule has 1 N–H and O–H groups in total. The maximum Gasteiger partial charge on any atom is 0.261 e. The predicted molar refractivity (Wildman–Crippen MR) is 93.7 cm³/mol. The second kappa shape index (κ2) is 6.67. The smallest absolute Gasteiger partial charge is 0.261 e. The van der Waals surface area contributed by atoms with Gasteiger partial charge in [0.15, 0.2) is 0 Å². The van der Waals surface area contributed by atoms with Crippen molar-refractivity contribution in [2.24, 2.45) is 0 Å². The molecule has 7 heteroatoms. The Bertz CT molecular complexity index is 836. The summed E-state index contributed by atoms with van der Waals surface area (Å²) in [5.74, 6) is -0.654. The summed E-state index contributed by atoms with van der Waals surface area (Å²) in [5.41, 5.74) is 1.16. The Morgan fingerprint density at radius 2 is 1.75 bits per heavy atom. The summed E-state index contributed by atoms with van der Waals surface area (Å²) in [4.78, 5) is 37.8. The Labute approximate surface area is 148 Å². The molecule has 3 rings (SSSR count). The van der Waals surface area contributed by atoms with Crippen LogP contribution in [-0.4, -0.2) is 35.4 Å². The minimum absolute atomic E-state index is 0.194. The Morgan fingerprint density at radius 1 is 1.08 bits per heavy atom. The lowest BCUT2D eigenvalue weighted by molar-refractivity contribution is -0.113. The van der Waals surface area contributed by atoms with Gasteiger partial charge in [0, 0.05) is 22.7 Å². The van der Waals surface area contributed by atoms with Crippen LogP contribution in [0.4, 0.5) is 5.69 Å². The Kier molecular flexibility index (Phi) is 4.59. The van der Waals surface area contributed by atoms with Crippen LogP contribution in [0.1, 0.15) is 20.7 Å². The second-order valence-corrected chi connectivity index (χ2v) is 6.71. The van der Waals surface area contributed by atoms with Crippen molar-refractivity contribution in [3.63, 3.8) is 0 Å². The molecule has 2 aromatic carbocycles. The molecule has 0 fully saturated rings. The van der Waals surface area contributed by atoms with Crippen molar-refractivity contribution in [3.05, 3.63) is 58.6 Å². The van der Waals surface area contributed by atoms with Gasteiger partial charge in [-0.1, -0.05) is 11.6 Å². The predicted octanol–water partition coefficient (Wildman–Crippen LogP) is 3.30. The number of imide groups is 1. The number of carbonyl (C=O) groups is 3. The van der Waals surface area contributed by atoms with Crippen molar-refractivity contribution in [1.29, 1.82) is 0 Å². The average Bonchev–Trinajstić information content (AvgIpc) is 2.79. The van der Waals surface area contributed by atoms with E-state index in [-0.39, 0.29) is 23.5 Å².